The molecule has 3 amide bonds. The Hall–Kier alpha value is -11.5. The van der Waals surface area contributed by atoms with Crippen molar-refractivity contribution in [3.63, 3.8) is 0 Å². The summed E-state index contributed by atoms with van der Waals surface area (Å²) >= 11 is 0. The Kier molecular flexibility index (Phi) is 29.3. The average molecular weight is 1770 g/mol. The SMILES string of the molecule is C=C1C=C(C(F)(F)F)C(C(=O)Nc2cc(-c3c(F)ccc(C#N)c3F)ccc2N2C[C@@H](C)N(C)[C@@H](C)C2)=CN1.C=C1C=C(C(F)(F)F)C(C(=O)Nc2cc(-c3cc(CN4CCOC(C)(C)C4)ccc3F)ccc2N2CCN(C)CC2)=CN1.C=C1C=C(C(F)(F)F)C(C(=O)Nc2cc(-c3cc(CNC4CCCCC4)c(F)cc3F)ccc2N2C[C@@H](C)N(C)[C@@H](C)C2)=CN1. The number of benzene rings is 6. The molecule has 5 fully saturated rings. The largest absolute Gasteiger partial charge is 0.417 e. The summed E-state index contributed by atoms with van der Waals surface area (Å²) in [5.74, 6) is -6.86. The third kappa shape index (κ3) is 22.9. The van der Waals surface area contributed by atoms with Crippen LogP contribution in [0.4, 0.5) is 95.6 Å². The van der Waals surface area contributed by atoms with Gasteiger partial charge in [-0.3, -0.25) is 29.1 Å². The summed E-state index contributed by atoms with van der Waals surface area (Å²) in [6, 6.07) is 26.2. The summed E-state index contributed by atoms with van der Waals surface area (Å²) in [6.45, 7) is 30.9. The summed E-state index contributed by atoms with van der Waals surface area (Å²) in [5, 5.41) is 28.2. The number of piperazine rings is 3. The molecule has 127 heavy (non-hydrogen) atoms. The van der Waals surface area contributed by atoms with Crippen LogP contribution in [0, 0.1) is 40.4 Å². The number of likely N-dealkylation sites (N-methyl/N-ethyl adjacent to an activating group) is 3. The first-order valence-electron chi connectivity index (χ1n) is 41.8. The lowest BCUT2D eigenvalue weighted by Crippen LogP contribution is -2.55. The Morgan fingerprint density at radius 3 is 1.38 bits per heavy atom. The molecule has 0 aromatic heterocycles. The van der Waals surface area contributed by atoms with Gasteiger partial charge in [0.05, 0.1) is 90.9 Å². The average Bonchev–Trinajstić information content (AvgIpc) is 0.732. The molecule has 4 saturated heterocycles. The van der Waals surface area contributed by atoms with E-state index in [1.54, 1.807) is 60.7 Å². The quantitative estimate of drug-likeness (QED) is 0.0427. The van der Waals surface area contributed by atoms with Crippen molar-refractivity contribution in [3.05, 3.63) is 250 Å². The minimum Gasteiger partial charge on any atom is -0.373 e. The molecule has 0 unspecified atom stereocenters. The number of halogens is 14. The third-order valence-electron chi connectivity index (χ3n) is 24.0. The van der Waals surface area contributed by atoms with Crippen molar-refractivity contribution in [2.24, 2.45) is 0 Å². The molecule has 1 aliphatic carbocycles. The lowest BCUT2D eigenvalue weighted by molar-refractivity contribution is -0.115. The van der Waals surface area contributed by atoms with E-state index in [0.29, 0.717) is 97.4 Å². The monoisotopic (exact) mass is 1770 g/mol. The van der Waals surface area contributed by atoms with Crippen LogP contribution in [0.3, 0.4) is 0 Å². The summed E-state index contributed by atoms with van der Waals surface area (Å²) in [7, 11) is 6.02. The maximum Gasteiger partial charge on any atom is 0.417 e. The lowest BCUT2D eigenvalue weighted by atomic mass is 9.95. The van der Waals surface area contributed by atoms with E-state index in [-0.39, 0.29) is 87.5 Å². The number of nitrogens with one attached hydrogen (secondary N) is 7. The first kappa shape index (κ1) is 94.6. The maximum atomic E-state index is 15.3. The van der Waals surface area contributed by atoms with E-state index in [2.05, 4.69) is 100 Å². The van der Waals surface area contributed by atoms with Gasteiger partial charge < -0.3 is 61.6 Å². The maximum absolute atomic E-state index is 15.3. The highest BCUT2D eigenvalue weighted by Gasteiger charge is 2.44. The van der Waals surface area contributed by atoms with Crippen molar-refractivity contribution >= 4 is 51.8 Å². The molecule has 4 atom stereocenters. The van der Waals surface area contributed by atoms with Crippen LogP contribution in [0.15, 0.2) is 204 Å². The fourth-order valence-electron chi connectivity index (χ4n) is 16.7. The van der Waals surface area contributed by atoms with Crippen LogP contribution < -0.4 is 51.9 Å². The Balaban J connectivity index is 0.000000173. The molecule has 19 nitrogen and oxygen atoms in total. The zero-order chi connectivity index (χ0) is 92.1. The number of allylic oxidation sites excluding steroid dienone is 3. The summed E-state index contributed by atoms with van der Waals surface area (Å²) < 4.78 is 205. The van der Waals surface area contributed by atoms with Crippen molar-refractivity contribution in [1.29, 1.82) is 5.26 Å². The number of amides is 3. The van der Waals surface area contributed by atoms with E-state index >= 15 is 13.2 Å². The number of hydrogen-bond acceptors (Lipinski definition) is 16. The van der Waals surface area contributed by atoms with E-state index in [1.165, 1.54) is 30.7 Å². The van der Waals surface area contributed by atoms with E-state index in [9.17, 15) is 67.9 Å². The molecular formula is C94H103F14N15O4. The predicted molar refractivity (Wildman–Crippen MR) is 466 cm³/mol. The van der Waals surface area contributed by atoms with Crippen LogP contribution in [0.2, 0.25) is 0 Å². The number of nitriles is 1. The highest BCUT2D eigenvalue weighted by Crippen LogP contribution is 2.44. The second-order valence-electron chi connectivity index (χ2n) is 33.9. The van der Waals surface area contributed by atoms with Gasteiger partial charge in [0, 0.05) is 167 Å². The zero-order valence-electron chi connectivity index (χ0n) is 71.9. The van der Waals surface area contributed by atoms with Gasteiger partial charge in [-0.15, -0.1) is 0 Å². The number of alkyl halides is 9. The fraction of sp³-hybridized carbons (Fsp3) is 0.383. The van der Waals surface area contributed by atoms with Crippen LogP contribution in [-0.2, 0) is 32.2 Å². The highest BCUT2D eigenvalue weighted by molar-refractivity contribution is 6.11. The number of carbonyl (C=O) groups excluding carboxylic acids is 3. The molecule has 6 aromatic carbocycles. The zero-order valence-corrected chi connectivity index (χ0v) is 71.9. The molecule has 6 aromatic rings. The van der Waals surface area contributed by atoms with Crippen LogP contribution in [0.1, 0.15) is 90.3 Å². The van der Waals surface area contributed by atoms with Gasteiger partial charge in [-0.1, -0.05) is 63.3 Å². The fourth-order valence-corrected chi connectivity index (χ4v) is 16.7. The molecule has 676 valence electrons. The lowest BCUT2D eigenvalue weighted by Gasteiger charge is -2.44. The number of dihydropyridines is 3. The van der Waals surface area contributed by atoms with Gasteiger partial charge in [0.15, 0.2) is 5.82 Å². The number of rotatable bonds is 17. The smallest absolute Gasteiger partial charge is 0.373 e. The summed E-state index contributed by atoms with van der Waals surface area (Å²) in [5.41, 5.74) is -1.47. The second-order valence-corrected chi connectivity index (χ2v) is 33.9. The normalized spacial score (nSPS) is 20.6. The number of morpholine rings is 1. The van der Waals surface area contributed by atoms with Crippen molar-refractivity contribution < 1.29 is 80.6 Å². The molecule has 0 spiro atoms. The van der Waals surface area contributed by atoms with Crippen molar-refractivity contribution in [2.45, 2.75) is 141 Å². The topological polar surface area (TPSA) is 191 Å². The minimum absolute atomic E-state index is 0.00235. The molecule has 7 aliphatic heterocycles. The van der Waals surface area contributed by atoms with Gasteiger partial charge in [0.25, 0.3) is 17.7 Å². The summed E-state index contributed by atoms with van der Waals surface area (Å²) in [6.07, 6.45) is -3.71. The number of nitrogens with zero attached hydrogens (tertiary/aromatic N) is 8. The molecule has 7 heterocycles. The molecule has 0 radical (unpaired) electrons. The van der Waals surface area contributed by atoms with E-state index in [1.807, 2.05) is 53.7 Å². The van der Waals surface area contributed by atoms with Gasteiger partial charge in [-0.05, 0) is 183 Å². The van der Waals surface area contributed by atoms with Crippen molar-refractivity contribution in [1.82, 2.24) is 40.9 Å². The Morgan fingerprint density at radius 1 is 0.512 bits per heavy atom. The highest BCUT2D eigenvalue weighted by atomic mass is 19.4. The Labute approximate surface area is 729 Å². The number of hydrogen-bond donors (Lipinski definition) is 7. The van der Waals surface area contributed by atoms with Crippen LogP contribution in [0.25, 0.3) is 33.4 Å². The molecule has 8 aliphatic rings. The van der Waals surface area contributed by atoms with Crippen LogP contribution in [-0.4, -0.2) is 185 Å². The summed E-state index contributed by atoms with van der Waals surface area (Å²) in [4.78, 5) is 54.9. The van der Waals surface area contributed by atoms with Crippen LogP contribution in [0.5, 0.6) is 0 Å². The van der Waals surface area contributed by atoms with Gasteiger partial charge in [-0.2, -0.15) is 44.8 Å². The van der Waals surface area contributed by atoms with Gasteiger partial charge in [-0.25, -0.2) is 22.0 Å². The van der Waals surface area contributed by atoms with Gasteiger partial charge in [0.1, 0.15) is 29.3 Å². The predicted octanol–water partition coefficient (Wildman–Crippen LogP) is 17.8. The second kappa shape index (κ2) is 39.4. The molecule has 1 saturated carbocycles. The first-order chi connectivity index (χ1) is 59.9. The molecule has 14 rings (SSSR count). The molecule has 7 N–H and O–H groups in total. The first-order valence-corrected chi connectivity index (χ1v) is 41.8. The van der Waals surface area contributed by atoms with E-state index in [4.69, 9.17) is 4.74 Å². The third-order valence-corrected chi connectivity index (χ3v) is 24.0. The number of carbonyl (C=O) groups is 3. The number of anilines is 6. The Morgan fingerprint density at radius 2 is 0.937 bits per heavy atom. The Bertz CT molecular complexity index is 5430. The number of ether oxygens (including phenoxy) is 1. The molecular weight excluding hydrogens is 1670 g/mol. The van der Waals surface area contributed by atoms with Gasteiger partial charge in [0.2, 0.25) is 0 Å². The van der Waals surface area contributed by atoms with Gasteiger partial charge >= 0.3 is 18.5 Å². The van der Waals surface area contributed by atoms with E-state index < -0.39 is 104 Å². The molecule has 33 heteroatoms. The van der Waals surface area contributed by atoms with Crippen molar-refractivity contribution in [3.8, 4) is 39.4 Å². The molecule has 0 bridgehead atoms. The van der Waals surface area contributed by atoms with Crippen molar-refractivity contribution in [2.75, 3.05) is 124 Å². The standard InChI is InChI=1S/C34H40F5N5O.C32H37F4N5O2.C28H26F5N5O/c1-20-12-28(34(37,38)39)27(17-40-20)33(45)42-31-14-23(10-11-32(31)44-18-21(2)43(4)22(3)19-44)26-13-24(29(35)15-30(26)36)16-41-25-8-6-5-7-9-25;1-21-15-26(32(34,35)36)25(18-37-21)30(42)38-28-17-23(6-8-29(28)41-11-9-39(4)10-12-41)24-16-22(5-7-27(24)33)19-40-13-14-43-31(2,3)20-40;1-15-9-21(28(31,32)33)20(12-35-15)27(39)36-23-10-18(25-22(29)7-5-19(11-34)26(25)30)6-8-24(23)38-13-16(2)37(4)17(3)14-38/h10-15,17,21-22,25,40-41H,1,5-9,16,18-19H2,2-4H3,(H,42,45);5-8,15-18,37H,1,9-14,19-20H2,2-4H3,(H,38,42);5-10,12,16-17,35H,1,13-14H2,2-4H3,(H,36,39)/t21-,22+;;16-,17+. The minimum atomic E-state index is -4.83. The van der Waals surface area contributed by atoms with Crippen LogP contribution >= 0.6 is 0 Å². The van der Waals surface area contributed by atoms with E-state index in [0.717, 1.165) is 112 Å².